The maximum absolute atomic E-state index is 12.9. The SMILES string of the molecule is O=C(O)/C=C/c1cc2cc(CC(=O)c3ccc(F)cc3)ccc2s1. The molecule has 3 nitrogen and oxygen atoms in total. The highest BCUT2D eigenvalue weighted by atomic mass is 32.1. The molecule has 0 unspecified atom stereocenters. The Morgan fingerprint density at radius 3 is 2.54 bits per heavy atom. The third-order valence-electron chi connectivity index (χ3n) is 3.52. The summed E-state index contributed by atoms with van der Waals surface area (Å²) in [7, 11) is 0. The number of benzene rings is 2. The van der Waals surface area contributed by atoms with E-state index in [4.69, 9.17) is 5.11 Å². The van der Waals surface area contributed by atoms with Crippen LogP contribution in [0.4, 0.5) is 4.39 Å². The Balaban J connectivity index is 1.81. The number of fused-ring (bicyclic) bond motifs is 1. The predicted molar refractivity (Wildman–Crippen MR) is 92.9 cm³/mol. The van der Waals surface area contributed by atoms with Crippen molar-refractivity contribution in [1.29, 1.82) is 0 Å². The molecule has 0 aliphatic heterocycles. The molecule has 0 saturated carbocycles. The third-order valence-corrected chi connectivity index (χ3v) is 4.60. The number of aliphatic carboxylic acids is 1. The molecule has 120 valence electrons. The lowest BCUT2D eigenvalue weighted by atomic mass is 10.0. The molecule has 0 atom stereocenters. The van der Waals surface area contributed by atoms with E-state index >= 15 is 0 Å². The second kappa shape index (κ2) is 6.76. The Labute approximate surface area is 141 Å². The maximum atomic E-state index is 12.9. The van der Waals surface area contributed by atoms with Crippen molar-refractivity contribution in [3.63, 3.8) is 0 Å². The van der Waals surface area contributed by atoms with Gasteiger partial charge in [0.2, 0.25) is 0 Å². The molecular weight excluding hydrogens is 327 g/mol. The van der Waals surface area contributed by atoms with E-state index in [1.807, 2.05) is 24.3 Å². The van der Waals surface area contributed by atoms with Crippen LogP contribution in [0, 0.1) is 5.82 Å². The fraction of sp³-hybridized carbons (Fsp3) is 0.0526. The van der Waals surface area contributed by atoms with E-state index in [-0.39, 0.29) is 18.0 Å². The van der Waals surface area contributed by atoms with Crippen LogP contribution in [0.25, 0.3) is 16.2 Å². The molecule has 0 aliphatic carbocycles. The first-order valence-corrected chi connectivity index (χ1v) is 8.05. The minimum absolute atomic E-state index is 0.0735. The number of thiophene rings is 1. The largest absolute Gasteiger partial charge is 0.478 e. The van der Waals surface area contributed by atoms with Gasteiger partial charge in [-0.05, 0) is 59.5 Å². The number of carbonyl (C=O) groups is 2. The van der Waals surface area contributed by atoms with E-state index < -0.39 is 5.97 Å². The Hall–Kier alpha value is -2.79. The summed E-state index contributed by atoms with van der Waals surface area (Å²) in [6.07, 6.45) is 2.89. The first kappa shape index (κ1) is 16.1. The molecule has 0 bridgehead atoms. The number of ketones is 1. The summed E-state index contributed by atoms with van der Waals surface area (Å²) in [4.78, 5) is 23.7. The van der Waals surface area contributed by atoms with Crippen molar-refractivity contribution >= 4 is 39.3 Å². The number of halogens is 1. The van der Waals surface area contributed by atoms with Crippen LogP contribution in [0.5, 0.6) is 0 Å². The number of carbonyl (C=O) groups excluding carboxylic acids is 1. The van der Waals surface area contributed by atoms with Crippen LogP contribution >= 0.6 is 11.3 Å². The second-order valence-electron chi connectivity index (χ2n) is 5.30. The summed E-state index contributed by atoms with van der Waals surface area (Å²) in [5.41, 5.74) is 1.34. The molecule has 0 fully saturated rings. The molecule has 1 aromatic heterocycles. The quantitative estimate of drug-likeness (QED) is 0.547. The van der Waals surface area contributed by atoms with Gasteiger partial charge in [0, 0.05) is 27.6 Å². The van der Waals surface area contributed by atoms with Gasteiger partial charge in [-0.3, -0.25) is 4.79 Å². The summed E-state index contributed by atoms with van der Waals surface area (Å²) in [6.45, 7) is 0. The van der Waals surface area contributed by atoms with E-state index in [1.54, 1.807) is 6.08 Å². The molecule has 1 N–H and O–H groups in total. The summed E-state index contributed by atoms with van der Waals surface area (Å²) in [6, 6.07) is 13.1. The van der Waals surface area contributed by atoms with Gasteiger partial charge in [-0.15, -0.1) is 11.3 Å². The lowest BCUT2D eigenvalue weighted by molar-refractivity contribution is -0.131. The molecule has 0 amide bonds. The van der Waals surface area contributed by atoms with Gasteiger partial charge < -0.3 is 5.11 Å². The Morgan fingerprint density at radius 2 is 1.83 bits per heavy atom. The van der Waals surface area contributed by atoms with Gasteiger partial charge in [0.15, 0.2) is 5.78 Å². The van der Waals surface area contributed by atoms with Crippen LogP contribution < -0.4 is 0 Å². The molecule has 0 radical (unpaired) electrons. The van der Waals surface area contributed by atoms with E-state index in [0.717, 1.165) is 26.6 Å². The van der Waals surface area contributed by atoms with Gasteiger partial charge >= 0.3 is 5.97 Å². The molecule has 3 aromatic rings. The van der Waals surface area contributed by atoms with Crippen LogP contribution in [-0.2, 0) is 11.2 Å². The van der Waals surface area contributed by atoms with Crippen molar-refractivity contribution in [3.05, 3.63) is 76.4 Å². The molecule has 0 saturated heterocycles. The highest BCUT2D eigenvalue weighted by Crippen LogP contribution is 2.28. The molecule has 0 spiro atoms. The van der Waals surface area contributed by atoms with Gasteiger partial charge in [-0.2, -0.15) is 0 Å². The van der Waals surface area contributed by atoms with E-state index in [1.165, 1.54) is 35.6 Å². The van der Waals surface area contributed by atoms with Crippen molar-refractivity contribution in [2.24, 2.45) is 0 Å². The summed E-state index contributed by atoms with van der Waals surface area (Å²) >= 11 is 1.49. The smallest absolute Gasteiger partial charge is 0.328 e. The number of hydrogen-bond acceptors (Lipinski definition) is 3. The zero-order chi connectivity index (χ0) is 17.1. The highest BCUT2D eigenvalue weighted by Gasteiger charge is 2.09. The molecule has 2 aromatic carbocycles. The summed E-state index contributed by atoms with van der Waals surface area (Å²) in [5, 5.41) is 9.64. The van der Waals surface area contributed by atoms with Crippen LogP contribution in [0.3, 0.4) is 0 Å². The Bertz CT molecular complexity index is 939. The first-order valence-electron chi connectivity index (χ1n) is 7.23. The molecule has 3 rings (SSSR count). The van der Waals surface area contributed by atoms with Crippen LogP contribution in [0.1, 0.15) is 20.8 Å². The number of carboxylic acids is 1. The van der Waals surface area contributed by atoms with Crippen LogP contribution in [-0.4, -0.2) is 16.9 Å². The Morgan fingerprint density at radius 1 is 1.08 bits per heavy atom. The van der Waals surface area contributed by atoms with Crippen molar-refractivity contribution < 1.29 is 19.1 Å². The number of Topliss-reactive ketones (excluding diaryl/α,β-unsaturated/α-hetero) is 1. The Kier molecular flexibility index (Phi) is 4.53. The molecule has 24 heavy (non-hydrogen) atoms. The van der Waals surface area contributed by atoms with E-state index in [9.17, 15) is 14.0 Å². The van der Waals surface area contributed by atoms with Crippen molar-refractivity contribution in [3.8, 4) is 0 Å². The van der Waals surface area contributed by atoms with E-state index in [2.05, 4.69) is 0 Å². The van der Waals surface area contributed by atoms with Gasteiger partial charge in [0.05, 0.1) is 0 Å². The van der Waals surface area contributed by atoms with Gasteiger partial charge in [-0.25, -0.2) is 9.18 Å². The standard InChI is InChI=1S/C19H13FO3S/c20-15-4-2-13(3-5-15)17(21)10-12-1-7-18-14(9-12)11-16(24-18)6-8-19(22)23/h1-9,11H,10H2,(H,22,23)/b8-6+. The third kappa shape index (κ3) is 3.75. The monoisotopic (exact) mass is 340 g/mol. The van der Waals surface area contributed by atoms with Crippen molar-refractivity contribution in [2.75, 3.05) is 0 Å². The normalized spacial score (nSPS) is 11.2. The number of rotatable bonds is 5. The molecular formula is C19H13FO3S. The lowest BCUT2D eigenvalue weighted by Crippen LogP contribution is -2.03. The number of carboxylic acid groups (broad SMARTS) is 1. The fourth-order valence-electron chi connectivity index (χ4n) is 2.38. The molecule has 0 aliphatic rings. The zero-order valence-electron chi connectivity index (χ0n) is 12.5. The number of hydrogen-bond donors (Lipinski definition) is 1. The lowest BCUT2D eigenvalue weighted by Gasteiger charge is -2.02. The second-order valence-corrected chi connectivity index (χ2v) is 6.41. The predicted octanol–water partition coefficient (Wildman–Crippen LogP) is 4.56. The topological polar surface area (TPSA) is 54.4 Å². The van der Waals surface area contributed by atoms with Gasteiger partial charge in [-0.1, -0.05) is 6.07 Å². The molecule has 1 heterocycles. The fourth-order valence-corrected chi connectivity index (χ4v) is 3.33. The average Bonchev–Trinajstić information content (AvgIpc) is 2.95. The van der Waals surface area contributed by atoms with Crippen LogP contribution in [0.15, 0.2) is 54.6 Å². The van der Waals surface area contributed by atoms with E-state index in [0.29, 0.717) is 5.56 Å². The average molecular weight is 340 g/mol. The zero-order valence-corrected chi connectivity index (χ0v) is 13.3. The minimum Gasteiger partial charge on any atom is -0.478 e. The van der Waals surface area contributed by atoms with Gasteiger partial charge in [0.1, 0.15) is 5.82 Å². The van der Waals surface area contributed by atoms with Crippen molar-refractivity contribution in [2.45, 2.75) is 6.42 Å². The summed E-state index contributed by atoms with van der Waals surface area (Å²) in [5.74, 6) is -1.43. The van der Waals surface area contributed by atoms with Crippen LogP contribution in [0.2, 0.25) is 0 Å². The summed E-state index contributed by atoms with van der Waals surface area (Å²) < 4.78 is 13.9. The minimum atomic E-state index is -0.988. The maximum Gasteiger partial charge on any atom is 0.328 e. The van der Waals surface area contributed by atoms with Crippen molar-refractivity contribution in [1.82, 2.24) is 0 Å². The first-order chi connectivity index (χ1) is 11.5. The highest BCUT2D eigenvalue weighted by molar-refractivity contribution is 7.19. The van der Waals surface area contributed by atoms with Gasteiger partial charge in [0.25, 0.3) is 0 Å². The molecule has 5 heteroatoms.